The Morgan fingerprint density at radius 2 is 2.08 bits per heavy atom. The highest BCUT2D eigenvalue weighted by Gasteiger charge is 1.85. The normalized spacial score (nSPS) is 9.17. The van der Waals surface area contributed by atoms with Crippen LogP contribution in [0.4, 0.5) is 0 Å². The lowest BCUT2D eigenvalue weighted by Crippen LogP contribution is -1.75. The van der Waals surface area contributed by atoms with Crippen molar-refractivity contribution in [2.45, 2.75) is 20.3 Å². The lowest BCUT2D eigenvalue weighted by molar-refractivity contribution is 1.09. The molecule has 2 aromatic heterocycles. The summed E-state index contributed by atoms with van der Waals surface area (Å²) < 4.78 is 1.97. The van der Waals surface area contributed by atoms with E-state index in [9.17, 15) is 0 Å². The number of nitrogens with zero attached hydrogens (tertiary/aromatic N) is 2. The van der Waals surface area contributed by atoms with Crippen molar-refractivity contribution in [1.29, 1.82) is 0 Å². The SMILES string of the molecule is CCC.c1ccn2cncc2c1. The zero-order valence-electron chi connectivity index (χ0n) is 7.57. The highest BCUT2D eigenvalue weighted by Crippen LogP contribution is 1.98. The minimum absolute atomic E-state index is 1.14. The molecule has 0 saturated carbocycles. The van der Waals surface area contributed by atoms with E-state index in [-0.39, 0.29) is 0 Å². The molecule has 2 aromatic rings. The van der Waals surface area contributed by atoms with Gasteiger partial charge < -0.3 is 4.40 Å². The van der Waals surface area contributed by atoms with Gasteiger partial charge in [-0.1, -0.05) is 26.3 Å². The summed E-state index contributed by atoms with van der Waals surface area (Å²) >= 11 is 0. The van der Waals surface area contributed by atoms with E-state index in [0.717, 1.165) is 5.52 Å². The quantitative estimate of drug-likeness (QED) is 0.582. The van der Waals surface area contributed by atoms with Crippen LogP contribution in [0.3, 0.4) is 0 Å². The Kier molecular flexibility index (Phi) is 3.33. The molecule has 0 aliphatic heterocycles. The lowest BCUT2D eigenvalue weighted by Gasteiger charge is -1.86. The largest absolute Gasteiger partial charge is 0.306 e. The van der Waals surface area contributed by atoms with Crippen molar-refractivity contribution >= 4 is 5.52 Å². The average Bonchev–Trinajstić information content (AvgIpc) is 2.52. The number of imidazole rings is 1. The standard InChI is InChI=1S/C7H6N2.C3H8/c1-2-4-9-6-8-5-7(9)3-1;1-3-2/h1-6H;3H2,1-2H3. The van der Waals surface area contributed by atoms with E-state index in [1.807, 2.05) is 35.0 Å². The van der Waals surface area contributed by atoms with Crippen LogP contribution in [0.25, 0.3) is 5.52 Å². The summed E-state index contributed by atoms with van der Waals surface area (Å²) in [6, 6.07) is 6.00. The third-order valence-corrected chi connectivity index (χ3v) is 1.32. The van der Waals surface area contributed by atoms with Crippen molar-refractivity contribution in [2.24, 2.45) is 0 Å². The molecule has 0 spiro atoms. The molecule has 2 heteroatoms. The molecule has 2 nitrogen and oxygen atoms in total. The van der Waals surface area contributed by atoms with E-state index in [1.165, 1.54) is 6.42 Å². The first-order valence-electron chi connectivity index (χ1n) is 4.25. The maximum absolute atomic E-state index is 3.96. The summed E-state index contributed by atoms with van der Waals surface area (Å²) in [5.74, 6) is 0. The van der Waals surface area contributed by atoms with Crippen molar-refractivity contribution in [3.8, 4) is 0 Å². The predicted molar refractivity (Wildman–Crippen MR) is 51.2 cm³/mol. The molecule has 0 aliphatic carbocycles. The minimum atomic E-state index is 1.14. The number of pyridine rings is 1. The molecule has 2 heterocycles. The molecule has 0 radical (unpaired) electrons. The maximum Gasteiger partial charge on any atom is 0.0991 e. The molecule has 0 aliphatic rings. The Morgan fingerprint density at radius 3 is 2.75 bits per heavy atom. The molecule has 0 aromatic carbocycles. The Labute approximate surface area is 72.9 Å². The number of hydrogen-bond acceptors (Lipinski definition) is 1. The Balaban J connectivity index is 0.000000213. The summed E-state index contributed by atoms with van der Waals surface area (Å²) in [7, 11) is 0. The monoisotopic (exact) mass is 162 g/mol. The van der Waals surface area contributed by atoms with Crippen LogP contribution in [0.2, 0.25) is 0 Å². The molecular weight excluding hydrogens is 148 g/mol. The molecular formula is C10H14N2. The summed E-state index contributed by atoms with van der Waals surface area (Å²) in [5, 5.41) is 0. The van der Waals surface area contributed by atoms with E-state index >= 15 is 0 Å². The third kappa shape index (κ3) is 2.09. The van der Waals surface area contributed by atoms with E-state index in [0.29, 0.717) is 0 Å². The van der Waals surface area contributed by atoms with Gasteiger partial charge in [-0.05, 0) is 12.1 Å². The number of aromatic nitrogens is 2. The maximum atomic E-state index is 3.96. The van der Waals surface area contributed by atoms with Gasteiger partial charge >= 0.3 is 0 Å². The fraction of sp³-hybridized carbons (Fsp3) is 0.300. The van der Waals surface area contributed by atoms with Crippen molar-refractivity contribution in [2.75, 3.05) is 0 Å². The van der Waals surface area contributed by atoms with Gasteiger partial charge in [-0.15, -0.1) is 0 Å². The zero-order chi connectivity index (χ0) is 8.81. The van der Waals surface area contributed by atoms with Crippen LogP contribution in [-0.2, 0) is 0 Å². The molecule has 0 bridgehead atoms. The smallest absolute Gasteiger partial charge is 0.0991 e. The van der Waals surface area contributed by atoms with Gasteiger partial charge in [-0.3, -0.25) is 0 Å². The first kappa shape index (κ1) is 8.78. The topological polar surface area (TPSA) is 17.3 Å². The molecule has 0 fully saturated rings. The van der Waals surface area contributed by atoms with Crippen LogP contribution in [0.15, 0.2) is 36.9 Å². The molecule has 0 N–H and O–H groups in total. The number of rotatable bonds is 0. The van der Waals surface area contributed by atoms with Crippen LogP contribution in [-0.4, -0.2) is 9.38 Å². The average molecular weight is 162 g/mol. The summed E-state index contributed by atoms with van der Waals surface area (Å²) in [6.07, 6.45) is 6.84. The van der Waals surface area contributed by atoms with Crippen LogP contribution >= 0.6 is 0 Å². The Morgan fingerprint density at radius 1 is 1.33 bits per heavy atom. The third-order valence-electron chi connectivity index (χ3n) is 1.32. The van der Waals surface area contributed by atoms with E-state index in [4.69, 9.17) is 0 Å². The second-order valence-corrected chi connectivity index (χ2v) is 2.63. The summed E-state index contributed by atoms with van der Waals surface area (Å²) in [4.78, 5) is 3.96. The van der Waals surface area contributed by atoms with Crippen LogP contribution in [0.5, 0.6) is 0 Å². The van der Waals surface area contributed by atoms with Crippen LogP contribution < -0.4 is 0 Å². The van der Waals surface area contributed by atoms with Crippen LogP contribution in [0, 0.1) is 0 Å². The first-order chi connectivity index (χ1) is 5.88. The lowest BCUT2D eigenvalue weighted by atomic mass is 10.4. The first-order valence-corrected chi connectivity index (χ1v) is 4.25. The molecule has 0 unspecified atom stereocenters. The van der Waals surface area contributed by atoms with Crippen LogP contribution in [0.1, 0.15) is 20.3 Å². The molecule has 0 amide bonds. The van der Waals surface area contributed by atoms with Gasteiger partial charge in [-0.25, -0.2) is 4.98 Å². The van der Waals surface area contributed by atoms with Gasteiger partial charge in [0.15, 0.2) is 0 Å². The van der Waals surface area contributed by atoms with Gasteiger partial charge in [0.25, 0.3) is 0 Å². The van der Waals surface area contributed by atoms with Crippen molar-refractivity contribution in [3.63, 3.8) is 0 Å². The van der Waals surface area contributed by atoms with Crippen molar-refractivity contribution in [1.82, 2.24) is 9.38 Å². The number of hydrogen-bond donors (Lipinski definition) is 0. The Bertz CT molecular complexity index is 295. The van der Waals surface area contributed by atoms with E-state index in [1.54, 1.807) is 6.33 Å². The fourth-order valence-corrected chi connectivity index (χ4v) is 0.865. The number of fused-ring (bicyclic) bond motifs is 1. The van der Waals surface area contributed by atoms with Gasteiger partial charge in [0.2, 0.25) is 0 Å². The predicted octanol–water partition coefficient (Wildman–Crippen LogP) is 2.75. The van der Waals surface area contributed by atoms with Gasteiger partial charge in [0.1, 0.15) is 0 Å². The Hall–Kier alpha value is -1.31. The van der Waals surface area contributed by atoms with Crippen molar-refractivity contribution < 1.29 is 0 Å². The molecule has 2 rings (SSSR count). The highest BCUT2D eigenvalue weighted by atomic mass is 15.0. The van der Waals surface area contributed by atoms with Crippen molar-refractivity contribution in [3.05, 3.63) is 36.9 Å². The summed E-state index contributed by atoms with van der Waals surface area (Å²) in [5.41, 5.74) is 1.14. The molecule has 0 saturated heterocycles. The van der Waals surface area contributed by atoms with Gasteiger partial charge in [0, 0.05) is 6.20 Å². The van der Waals surface area contributed by atoms with Gasteiger partial charge in [-0.2, -0.15) is 0 Å². The van der Waals surface area contributed by atoms with Gasteiger partial charge in [0.05, 0.1) is 18.0 Å². The molecule has 0 atom stereocenters. The molecule has 64 valence electrons. The zero-order valence-corrected chi connectivity index (χ0v) is 7.57. The highest BCUT2D eigenvalue weighted by molar-refractivity contribution is 5.43. The second kappa shape index (κ2) is 4.54. The van der Waals surface area contributed by atoms with E-state index in [2.05, 4.69) is 18.8 Å². The second-order valence-electron chi connectivity index (χ2n) is 2.63. The summed E-state index contributed by atoms with van der Waals surface area (Å²) in [6.45, 7) is 4.25. The molecule has 12 heavy (non-hydrogen) atoms. The van der Waals surface area contributed by atoms with E-state index < -0.39 is 0 Å². The fourth-order valence-electron chi connectivity index (χ4n) is 0.865. The minimum Gasteiger partial charge on any atom is -0.306 e.